The molecule has 0 aliphatic rings. The number of oxazole rings is 1. The summed E-state index contributed by atoms with van der Waals surface area (Å²) in [5.74, 6) is -0.957. The van der Waals surface area contributed by atoms with E-state index in [1.54, 1.807) is 0 Å². The van der Waals surface area contributed by atoms with E-state index in [0.717, 1.165) is 6.20 Å². The number of halogens is 3. The molecular formula is C12H6ClF2N3O3. The molecule has 9 heteroatoms. The maximum absolute atomic E-state index is 12.0. The third kappa shape index (κ3) is 2.70. The number of benzene rings is 1. The van der Waals surface area contributed by atoms with Crippen LogP contribution in [-0.2, 0) is 0 Å². The highest BCUT2D eigenvalue weighted by Gasteiger charge is 2.13. The first-order chi connectivity index (χ1) is 10.0. The summed E-state index contributed by atoms with van der Waals surface area (Å²) in [6, 6.07) is 3.05. The van der Waals surface area contributed by atoms with Crippen molar-refractivity contribution >= 4 is 22.7 Å². The predicted molar refractivity (Wildman–Crippen MR) is 69.5 cm³/mol. The van der Waals surface area contributed by atoms with Crippen LogP contribution in [0.4, 0.5) is 8.78 Å². The fourth-order valence-corrected chi connectivity index (χ4v) is 2.04. The minimum Gasteiger partial charge on any atom is -0.415 e. The summed E-state index contributed by atoms with van der Waals surface area (Å²) in [5, 5.41) is 0.351. The molecule has 3 rings (SSSR count). The maximum atomic E-state index is 12.0. The van der Waals surface area contributed by atoms with Crippen molar-refractivity contribution in [1.29, 1.82) is 0 Å². The number of hydrogen-bond donors (Lipinski definition) is 1. The molecule has 1 aromatic carbocycles. The zero-order valence-corrected chi connectivity index (χ0v) is 10.9. The smallest absolute Gasteiger partial charge is 0.415 e. The van der Waals surface area contributed by atoms with Crippen molar-refractivity contribution in [1.82, 2.24) is 15.0 Å². The molecule has 0 aliphatic carbocycles. The molecule has 108 valence electrons. The van der Waals surface area contributed by atoms with Gasteiger partial charge in [-0.1, -0.05) is 11.6 Å². The Hall–Kier alpha value is -2.48. The lowest BCUT2D eigenvalue weighted by molar-refractivity contribution is -0.0530. The van der Waals surface area contributed by atoms with Gasteiger partial charge in [0.05, 0.1) is 23.6 Å². The third-order valence-electron chi connectivity index (χ3n) is 2.60. The molecule has 0 amide bonds. The van der Waals surface area contributed by atoms with E-state index in [4.69, 9.17) is 16.0 Å². The quantitative estimate of drug-likeness (QED) is 0.804. The molecule has 6 nitrogen and oxygen atoms in total. The van der Waals surface area contributed by atoms with Crippen LogP contribution in [0, 0.1) is 0 Å². The number of fused-ring (bicyclic) bond motifs is 1. The van der Waals surface area contributed by atoms with Gasteiger partial charge >= 0.3 is 12.4 Å². The van der Waals surface area contributed by atoms with Crippen LogP contribution in [0.5, 0.6) is 5.88 Å². The highest BCUT2D eigenvalue weighted by Crippen LogP contribution is 2.29. The number of nitrogens with zero attached hydrogens (tertiary/aromatic N) is 2. The molecule has 0 unspecified atom stereocenters. The molecule has 0 saturated carbocycles. The zero-order valence-electron chi connectivity index (χ0n) is 10.1. The SMILES string of the molecule is O=c1[nH]c2cc(Cl)cc(-c3cnc(OC(F)F)cn3)c2o1. The first-order valence-electron chi connectivity index (χ1n) is 5.62. The lowest BCUT2D eigenvalue weighted by atomic mass is 10.1. The maximum Gasteiger partial charge on any atom is 0.417 e. The van der Waals surface area contributed by atoms with Crippen molar-refractivity contribution in [3.8, 4) is 17.1 Å². The molecule has 0 atom stereocenters. The molecular weight excluding hydrogens is 308 g/mol. The molecule has 3 aromatic rings. The van der Waals surface area contributed by atoms with Crippen LogP contribution in [0.15, 0.2) is 33.7 Å². The summed E-state index contributed by atoms with van der Waals surface area (Å²) in [7, 11) is 0. The molecule has 21 heavy (non-hydrogen) atoms. The van der Waals surface area contributed by atoms with E-state index < -0.39 is 12.4 Å². The van der Waals surface area contributed by atoms with E-state index in [1.165, 1.54) is 18.3 Å². The first kappa shape index (κ1) is 13.5. The summed E-state index contributed by atoms with van der Waals surface area (Å²) in [6.45, 7) is -2.98. The van der Waals surface area contributed by atoms with Crippen LogP contribution in [0.1, 0.15) is 0 Å². The number of aromatic amines is 1. The highest BCUT2D eigenvalue weighted by molar-refractivity contribution is 6.31. The van der Waals surface area contributed by atoms with E-state index in [2.05, 4.69) is 19.7 Å². The third-order valence-corrected chi connectivity index (χ3v) is 2.82. The van der Waals surface area contributed by atoms with Gasteiger partial charge in [0, 0.05) is 10.6 Å². The largest absolute Gasteiger partial charge is 0.417 e. The standard InChI is InChI=1S/C12H6ClF2N3O3/c13-5-1-6(10-7(2-5)18-12(19)21-10)8-3-17-9(4-16-8)20-11(14)15/h1-4,11H,(H,18,19). The Morgan fingerprint density at radius 2 is 2.10 bits per heavy atom. The van der Waals surface area contributed by atoms with Gasteiger partial charge in [0.15, 0.2) is 5.58 Å². The summed E-state index contributed by atoms with van der Waals surface area (Å²) in [5.41, 5.74) is 1.36. The Balaban J connectivity index is 2.09. The fourth-order valence-electron chi connectivity index (χ4n) is 1.82. The Morgan fingerprint density at radius 1 is 1.29 bits per heavy atom. The second-order valence-electron chi connectivity index (χ2n) is 3.96. The number of aromatic nitrogens is 3. The zero-order chi connectivity index (χ0) is 15.0. The second kappa shape index (κ2) is 5.13. The average molecular weight is 314 g/mol. The predicted octanol–water partition coefficient (Wildman–Crippen LogP) is 2.83. The van der Waals surface area contributed by atoms with Gasteiger partial charge in [0.2, 0.25) is 5.88 Å². The van der Waals surface area contributed by atoms with Crippen molar-refractivity contribution in [3.63, 3.8) is 0 Å². The van der Waals surface area contributed by atoms with Crippen LogP contribution in [0.25, 0.3) is 22.4 Å². The van der Waals surface area contributed by atoms with Gasteiger partial charge in [-0.3, -0.25) is 4.98 Å². The van der Waals surface area contributed by atoms with Gasteiger partial charge in [0.1, 0.15) is 0 Å². The van der Waals surface area contributed by atoms with E-state index in [9.17, 15) is 13.6 Å². The number of alkyl halides is 2. The van der Waals surface area contributed by atoms with Crippen molar-refractivity contribution in [2.45, 2.75) is 6.61 Å². The Morgan fingerprint density at radius 3 is 2.76 bits per heavy atom. The first-order valence-corrected chi connectivity index (χ1v) is 6.00. The molecule has 0 spiro atoms. The summed E-state index contributed by atoms with van der Waals surface area (Å²) >= 11 is 5.95. The van der Waals surface area contributed by atoms with E-state index in [0.29, 0.717) is 21.8 Å². The van der Waals surface area contributed by atoms with E-state index >= 15 is 0 Å². The van der Waals surface area contributed by atoms with Gasteiger partial charge in [-0.25, -0.2) is 14.8 Å². The molecule has 2 aromatic heterocycles. The second-order valence-corrected chi connectivity index (χ2v) is 4.40. The van der Waals surface area contributed by atoms with E-state index in [1.807, 2.05) is 0 Å². The van der Waals surface area contributed by atoms with Crippen molar-refractivity contribution in [2.75, 3.05) is 0 Å². The van der Waals surface area contributed by atoms with Crippen molar-refractivity contribution < 1.29 is 17.9 Å². The number of hydrogen-bond acceptors (Lipinski definition) is 5. The molecule has 0 radical (unpaired) electrons. The van der Waals surface area contributed by atoms with E-state index in [-0.39, 0.29) is 11.5 Å². The summed E-state index contributed by atoms with van der Waals surface area (Å²) in [4.78, 5) is 21.4. The van der Waals surface area contributed by atoms with Crippen LogP contribution in [-0.4, -0.2) is 21.6 Å². The molecule has 2 heterocycles. The van der Waals surface area contributed by atoms with Gasteiger partial charge < -0.3 is 9.15 Å². The number of nitrogens with one attached hydrogen (secondary N) is 1. The lowest BCUT2D eigenvalue weighted by Gasteiger charge is -2.05. The van der Waals surface area contributed by atoms with Crippen molar-refractivity contribution in [3.05, 3.63) is 40.1 Å². The molecule has 0 aliphatic heterocycles. The van der Waals surface area contributed by atoms with Gasteiger partial charge in [-0.2, -0.15) is 8.78 Å². The topological polar surface area (TPSA) is 81.0 Å². The number of ether oxygens (including phenoxy) is 1. The normalized spacial score (nSPS) is 11.2. The molecule has 0 saturated heterocycles. The van der Waals surface area contributed by atoms with Crippen molar-refractivity contribution in [2.24, 2.45) is 0 Å². The van der Waals surface area contributed by atoms with Crippen LogP contribution in [0.2, 0.25) is 5.02 Å². The number of H-pyrrole nitrogens is 1. The lowest BCUT2D eigenvalue weighted by Crippen LogP contribution is -2.04. The highest BCUT2D eigenvalue weighted by atomic mass is 35.5. The van der Waals surface area contributed by atoms with Gasteiger partial charge in [0.25, 0.3) is 0 Å². The number of rotatable bonds is 3. The molecule has 0 bridgehead atoms. The molecule has 0 fully saturated rings. The van der Waals surface area contributed by atoms with Crippen LogP contribution >= 0.6 is 11.6 Å². The average Bonchev–Trinajstić information content (AvgIpc) is 2.78. The van der Waals surface area contributed by atoms with Gasteiger partial charge in [-0.15, -0.1) is 0 Å². The Bertz CT molecular complexity index is 845. The minimum atomic E-state index is -2.98. The van der Waals surface area contributed by atoms with Crippen LogP contribution < -0.4 is 10.5 Å². The fraction of sp³-hybridized carbons (Fsp3) is 0.0833. The minimum absolute atomic E-state index is 0.251. The van der Waals surface area contributed by atoms with Gasteiger partial charge in [-0.05, 0) is 12.1 Å². The Labute approximate surface area is 120 Å². The molecule has 1 N–H and O–H groups in total. The monoisotopic (exact) mass is 313 g/mol. The summed E-state index contributed by atoms with van der Waals surface area (Å²) in [6.07, 6.45) is 2.26. The Kier molecular flexibility index (Phi) is 3.30. The van der Waals surface area contributed by atoms with Crippen LogP contribution in [0.3, 0.4) is 0 Å². The summed E-state index contributed by atoms with van der Waals surface area (Å²) < 4.78 is 33.2.